The van der Waals surface area contributed by atoms with E-state index in [-0.39, 0.29) is 10.7 Å². The molecule has 9 nitrogen and oxygen atoms in total. The molecule has 4 rings (SSSR count). The molecule has 0 atom stereocenters. The van der Waals surface area contributed by atoms with Crippen molar-refractivity contribution in [1.82, 2.24) is 4.98 Å². The predicted molar refractivity (Wildman–Crippen MR) is 141 cm³/mol. The number of hydrogen-bond donors (Lipinski definition) is 2. The van der Waals surface area contributed by atoms with Crippen LogP contribution in [-0.4, -0.2) is 24.9 Å². The number of nitrogens with zero attached hydrogens (tertiary/aromatic N) is 5. The predicted octanol–water partition coefficient (Wildman–Crippen LogP) is 5.99. The van der Waals surface area contributed by atoms with Crippen LogP contribution in [0.3, 0.4) is 0 Å². The van der Waals surface area contributed by atoms with Crippen molar-refractivity contribution in [2.45, 2.75) is 11.8 Å². The van der Waals surface area contributed by atoms with E-state index in [1.54, 1.807) is 12.3 Å². The van der Waals surface area contributed by atoms with E-state index in [9.17, 15) is 8.42 Å². The fourth-order valence-electron chi connectivity index (χ4n) is 2.82. The van der Waals surface area contributed by atoms with Crippen LogP contribution in [-0.2, 0) is 37.5 Å². The van der Waals surface area contributed by atoms with Crippen LogP contribution in [0.2, 0.25) is 0 Å². The summed E-state index contributed by atoms with van der Waals surface area (Å²) in [6.07, 6.45) is 1.52. The number of hydrogen-bond acceptors (Lipinski definition) is 10. The number of sulfonamides is 1. The minimum absolute atomic E-state index is 0.0858. The topological polar surface area (TPSA) is 123 Å². The van der Waals surface area contributed by atoms with Gasteiger partial charge in [-0.2, -0.15) is 5.10 Å². The van der Waals surface area contributed by atoms with E-state index in [0.717, 1.165) is 17.6 Å². The van der Waals surface area contributed by atoms with Gasteiger partial charge in [0.05, 0.1) is 22.0 Å². The second-order valence-electron chi connectivity index (χ2n) is 6.55. The van der Waals surface area contributed by atoms with E-state index < -0.39 is 10.0 Å². The van der Waals surface area contributed by atoms with E-state index in [1.807, 2.05) is 30.3 Å². The molecule has 35 heavy (non-hydrogen) atoms. The van der Waals surface area contributed by atoms with Crippen LogP contribution in [0.25, 0.3) is 0 Å². The molecule has 1 aliphatic heterocycles. The van der Waals surface area contributed by atoms with Crippen molar-refractivity contribution in [3.8, 4) is 0 Å². The van der Waals surface area contributed by atoms with Gasteiger partial charge in [-0.05, 0) is 43.3 Å². The summed E-state index contributed by atoms with van der Waals surface area (Å²) in [7, 11) is 0.596. The second kappa shape index (κ2) is 12.6. The van der Waals surface area contributed by atoms with Gasteiger partial charge in [-0.3, -0.25) is 10.1 Å². The first kappa shape index (κ1) is 27.3. The number of halogens is 1. The molecule has 0 unspecified atom stereocenters. The average Bonchev–Trinajstić information content (AvgIpc) is 3.47. The van der Waals surface area contributed by atoms with Crippen molar-refractivity contribution in [3.63, 3.8) is 0 Å². The molecular formula is C20H16ClCoN7O2S4. The van der Waals surface area contributed by atoms with Crippen molar-refractivity contribution >= 4 is 84.1 Å². The number of nitrogens with one attached hydrogen (secondary N) is 2. The van der Waals surface area contributed by atoms with E-state index >= 15 is 0 Å². The maximum atomic E-state index is 12.4. The molecule has 0 fully saturated rings. The van der Waals surface area contributed by atoms with Gasteiger partial charge in [0.1, 0.15) is 0 Å². The maximum absolute atomic E-state index is 12.4. The molecule has 0 amide bonds. The number of anilines is 2. The zero-order valence-corrected chi connectivity index (χ0v) is 22.8. The van der Waals surface area contributed by atoms with Crippen molar-refractivity contribution in [2.75, 3.05) is 9.73 Å². The molecule has 0 saturated heterocycles. The normalized spacial score (nSPS) is 15.0. The fraction of sp³-hybridized carbons (Fsp3) is 0.0500. The Morgan fingerprint density at radius 3 is 2.51 bits per heavy atom. The summed E-state index contributed by atoms with van der Waals surface area (Å²) in [6.45, 7) is 1.79. The SMILES string of the molecule is CC1=NN(c2ccccc2)C(=N)/C1=C(/[S-])SN=Nc1ccc(S(=O)(=O)Nc2nccs2)cc1.[Cl][Co+]. The van der Waals surface area contributed by atoms with Gasteiger partial charge in [0.2, 0.25) is 0 Å². The van der Waals surface area contributed by atoms with Gasteiger partial charge in [0.15, 0.2) is 11.0 Å². The van der Waals surface area contributed by atoms with Gasteiger partial charge >= 0.3 is 25.0 Å². The molecule has 0 radical (unpaired) electrons. The molecule has 2 aromatic carbocycles. The van der Waals surface area contributed by atoms with Crippen molar-refractivity contribution in [2.24, 2.45) is 14.7 Å². The first-order valence-corrected chi connectivity index (χ1v) is 14.5. The van der Waals surface area contributed by atoms with E-state index in [4.69, 9.17) is 18.0 Å². The van der Waals surface area contributed by atoms with Crippen molar-refractivity contribution in [1.29, 1.82) is 5.41 Å². The number of aromatic nitrogens is 1. The third kappa shape index (κ3) is 6.88. The molecule has 0 spiro atoms. The molecule has 2 heterocycles. The first-order valence-electron chi connectivity index (χ1n) is 9.49. The zero-order chi connectivity index (χ0) is 25.4. The Morgan fingerprint density at radius 1 is 1.20 bits per heavy atom. The molecule has 0 aliphatic carbocycles. The van der Waals surface area contributed by atoms with Gasteiger partial charge in [-0.25, -0.2) is 18.4 Å². The Hall–Kier alpha value is -2.33. The second-order valence-corrected chi connectivity index (χ2v) is 10.6. The van der Waals surface area contributed by atoms with Gasteiger partial charge in [-0.15, -0.1) is 25.2 Å². The molecule has 0 saturated carbocycles. The summed E-state index contributed by atoms with van der Waals surface area (Å²) in [5.41, 5.74) is 2.37. The number of amidine groups is 1. The third-order valence-electron chi connectivity index (χ3n) is 4.35. The van der Waals surface area contributed by atoms with Crippen LogP contribution in [0.5, 0.6) is 0 Å². The Balaban J connectivity index is 0.00000167. The number of benzene rings is 2. The van der Waals surface area contributed by atoms with Gasteiger partial charge in [0.25, 0.3) is 10.0 Å². The zero-order valence-electron chi connectivity index (χ0n) is 17.7. The van der Waals surface area contributed by atoms with Crippen LogP contribution >= 0.6 is 33.4 Å². The van der Waals surface area contributed by atoms with E-state index in [2.05, 4.69) is 49.4 Å². The Labute approximate surface area is 228 Å². The summed E-state index contributed by atoms with van der Waals surface area (Å²) in [6, 6.07) is 15.3. The first-order chi connectivity index (χ1) is 16.8. The standard InChI is InChI=1S/C20H17N7O2S4.ClH.Co/c1-13-17(18(21)27(24-13)15-5-3-2-4-6-15)19(30)32-26-23-14-7-9-16(10-8-14)33(28,29)25-20-22-11-12-31-20;;/h2-12,21,30H,1H3,(H,22,25);1H;/q;;+2/p-2/b19-17-,21-18?,26-23?;;. The summed E-state index contributed by atoms with van der Waals surface area (Å²) in [5.74, 6) is 0.175. The Morgan fingerprint density at radius 2 is 1.89 bits per heavy atom. The van der Waals surface area contributed by atoms with Gasteiger partial charge in [-0.1, -0.05) is 18.2 Å². The minimum atomic E-state index is -3.73. The Bertz CT molecular complexity index is 1360. The molecule has 1 aliphatic rings. The van der Waals surface area contributed by atoms with Gasteiger partial charge in [0, 0.05) is 29.1 Å². The molecule has 2 N–H and O–H groups in total. The van der Waals surface area contributed by atoms with Crippen LogP contribution in [0.1, 0.15) is 6.92 Å². The molecule has 1 aromatic heterocycles. The third-order valence-corrected chi connectivity index (χ3v) is 7.48. The van der Waals surface area contributed by atoms with E-state index in [0.29, 0.717) is 26.3 Å². The van der Waals surface area contributed by atoms with Crippen molar-refractivity contribution in [3.05, 3.63) is 76.0 Å². The van der Waals surface area contributed by atoms with Crippen LogP contribution < -0.4 is 9.73 Å². The van der Waals surface area contributed by atoms with Crippen LogP contribution in [0, 0.1) is 5.41 Å². The summed E-state index contributed by atoms with van der Waals surface area (Å²) in [4.78, 5) is 4.00. The number of para-hydroxylation sites is 1. The molecule has 15 heteroatoms. The van der Waals surface area contributed by atoms with Crippen LogP contribution in [0.15, 0.2) is 95.6 Å². The number of thiazole rings is 1. The Kier molecular flexibility index (Phi) is 9.79. The average molecular weight is 609 g/mol. The quantitative estimate of drug-likeness (QED) is 0.193. The summed E-state index contributed by atoms with van der Waals surface area (Å²) in [5, 5.41) is 20.4. The van der Waals surface area contributed by atoms with E-state index in [1.165, 1.54) is 46.8 Å². The number of rotatable bonds is 7. The summed E-state index contributed by atoms with van der Waals surface area (Å²) >= 11 is 10.6. The molecule has 183 valence electrons. The van der Waals surface area contributed by atoms with Crippen LogP contribution in [0.4, 0.5) is 16.5 Å². The van der Waals surface area contributed by atoms with Gasteiger partial charge < -0.3 is 12.6 Å². The molecule has 0 bridgehead atoms. The fourth-order valence-corrected chi connectivity index (χ4v) is 5.50. The molecule has 3 aromatic rings. The monoisotopic (exact) mass is 608 g/mol. The molecular weight excluding hydrogens is 593 g/mol. The number of hydrazone groups is 1. The van der Waals surface area contributed by atoms with Crippen molar-refractivity contribution < 1.29 is 23.3 Å². The summed E-state index contributed by atoms with van der Waals surface area (Å²) < 4.78 is 31.6.